The highest BCUT2D eigenvalue weighted by atomic mass is 16.7. The van der Waals surface area contributed by atoms with Gasteiger partial charge >= 0.3 is 5.97 Å². The number of anilines is 1. The second kappa shape index (κ2) is 10.7. The predicted octanol–water partition coefficient (Wildman–Crippen LogP) is 5.94. The topological polar surface area (TPSA) is 99.0 Å². The largest absolute Gasteiger partial charge is 0.494 e. The number of ether oxygens (including phenoxy) is 3. The third-order valence-electron chi connectivity index (χ3n) is 6.31. The van der Waals surface area contributed by atoms with Crippen LogP contribution in [0.3, 0.4) is 0 Å². The van der Waals surface area contributed by atoms with Gasteiger partial charge in [0.05, 0.1) is 17.8 Å². The van der Waals surface area contributed by atoms with Crippen LogP contribution in [0.2, 0.25) is 0 Å². The highest BCUT2D eigenvalue weighted by Crippen LogP contribution is 2.39. The summed E-state index contributed by atoms with van der Waals surface area (Å²) in [6.45, 7) is 2.67. The smallest absolute Gasteiger partial charge is 0.354 e. The SMILES string of the molecule is CC(=O)Nc1c(C(=O)O)n(CCCCCOc2ccccc2)c2ccc(-c3ccc4c(c3)OCO4)cc12. The summed E-state index contributed by atoms with van der Waals surface area (Å²) in [5, 5.41) is 13.5. The molecular weight excluding hydrogens is 472 g/mol. The van der Waals surface area contributed by atoms with Gasteiger partial charge in [0.2, 0.25) is 12.7 Å². The molecule has 5 rings (SSSR count). The average molecular weight is 501 g/mol. The highest BCUT2D eigenvalue weighted by molar-refractivity contribution is 6.11. The summed E-state index contributed by atoms with van der Waals surface area (Å²) < 4.78 is 18.5. The fraction of sp³-hybridized carbons (Fsp3) is 0.241. The maximum atomic E-state index is 12.3. The molecule has 1 aliphatic rings. The van der Waals surface area contributed by atoms with Crippen LogP contribution in [0.25, 0.3) is 22.0 Å². The van der Waals surface area contributed by atoms with Gasteiger partial charge in [-0.05, 0) is 66.8 Å². The van der Waals surface area contributed by atoms with Gasteiger partial charge in [0.1, 0.15) is 5.75 Å². The van der Waals surface area contributed by atoms with Gasteiger partial charge in [-0.1, -0.05) is 30.3 Å². The Kier molecular flexibility index (Phi) is 6.98. The number of para-hydroxylation sites is 1. The highest BCUT2D eigenvalue weighted by Gasteiger charge is 2.24. The van der Waals surface area contributed by atoms with Crippen molar-refractivity contribution in [2.75, 3.05) is 18.7 Å². The van der Waals surface area contributed by atoms with E-state index in [0.29, 0.717) is 35.7 Å². The van der Waals surface area contributed by atoms with Crippen LogP contribution in [0.15, 0.2) is 66.7 Å². The minimum atomic E-state index is -1.09. The van der Waals surface area contributed by atoms with Gasteiger partial charge in [0.25, 0.3) is 0 Å². The first-order valence-corrected chi connectivity index (χ1v) is 12.3. The average Bonchev–Trinajstić information content (AvgIpc) is 3.48. The number of nitrogens with one attached hydrogen (secondary N) is 1. The maximum Gasteiger partial charge on any atom is 0.354 e. The first-order valence-electron chi connectivity index (χ1n) is 12.3. The van der Waals surface area contributed by atoms with E-state index < -0.39 is 5.97 Å². The molecule has 0 saturated heterocycles. The Bertz CT molecular complexity index is 1440. The van der Waals surface area contributed by atoms with Crippen LogP contribution in [0, 0.1) is 0 Å². The van der Waals surface area contributed by atoms with Gasteiger partial charge < -0.3 is 29.2 Å². The van der Waals surface area contributed by atoms with Crippen molar-refractivity contribution in [3.8, 4) is 28.4 Å². The van der Waals surface area contributed by atoms with Crippen molar-refractivity contribution in [1.29, 1.82) is 0 Å². The van der Waals surface area contributed by atoms with Gasteiger partial charge in [-0.2, -0.15) is 0 Å². The lowest BCUT2D eigenvalue weighted by Crippen LogP contribution is -2.14. The number of aryl methyl sites for hydroxylation is 1. The zero-order chi connectivity index (χ0) is 25.8. The first-order chi connectivity index (χ1) is 18.0. The normalized spacial score (nSPS) is 12.0. The Morgan fingerprint density at radius 1 is 0.946 bits per heavy atom. The van der Waals surface area contributed by atoms with E-state index >= 15 is 0 Å². The molecule has 0 saturated carbocycles. The summed E-state index contributed by atoms with van der Waals surface area (Å²) in [5.74, 6) is 0.785. The van der Waals surface area contributed by atoms with Crippen molar-refractivity contribution in [2.45, 2.75) is 32.7 Å². The van der Waals surface area contributed by atoms with Gasteiger partial charge in [-0.25, -0.2) is 4.79 Å². The van der Waals surface area contributed by atoms with Crippen molar-refractivity contribution in [3.05, 3.63) is 72.4 Å². The second-order valence-corrected chi connectivity index (χ2v) is 8.88. The zero-order valence-electron chi connectivity index (χ0n) is 20.5. The number of carboxylic acids is 1. The third-order valence-corrected chi connectivity index (χ3v) is 6.31. The number of carbonyl (C=O) groups excluding carboxylic acids is 1. The van der Waals surface area contributed by atoms with Crippen molar-refractivity contribution < 1.29 is 28.9 Å². The van der Waals surface area contributed by atoms with Crippen LogP contribution in [0.4, 0.5) is 5.69 Å². The quantitative estimate of drug-likeness (QED) is 0.261. The number of nitrogens with zero attached hydrogens (tertiary/aromatic N) is 1. The molecule has 0 aliphatic carbocycles. The lowest BCUT2D eigenvalue weighted by atomic mass is 10.0. The van der Waals surface area contributed by atoms with Crippen LogP contribution in [0.5, 0.6) is 17.2 Å². The molecule has 8 heteroatoms. The van der Waals surface area contributed by atoms with Gasteiger partial charge in [0, 0.05) is 18.9 Å². The molecule has 0 spiro atoms. The molecule has 1 aromatic heterocycles. The van der Waals surface area contributed by atoms with E-state index in [0.717, 1.165) is 41.7 Å². The Hall–Kier alpha value is -4.46. The lowest BCUT2D eigenvalue weighted by Gasteiger charge is -2.10. The molecule has 0 bridgehead atoms. The molecule has 190 valence electrons. The first kappa shape index (κ1) is 24.2. The van der Waals surface area contributed by atoms with Crippen LogP contribution in [0.1, 0.15) is 36.7 Å². The van der Waals surface area contributed by atoms with Crippen LogP contribution in [-0.2, 0) is 11.3 Å². The molecular formula is C29H28N2O6. The standard InChI is InChI=1S/C29H28N2O6/c1-19(32)30-27-23-16-20(21-11-13-25-26(17-21)37-18-36-25)10-12-24(23)31(28(27)29(33)34)14-6-3-7-15-35-22-8-4-2-5-9-22/h2,4-5,8-13,16-17H,3,6-7,14-15,18H2,1H3,(H,30,32)(H,33,34). The van der Waals surface area contributed by atoms with Crippen molar-refractivity contribution in [2.24, 2.45) is 0 Å². The number of aromatic nitrogens is 1. The predicted molar refractivity (Wildman–Crippen MR) is 141 cm³/mol. The molecule has 1 aliphatic heterocycles. The Morgan fingerprint density at radius 2 is 1.70 bits per heavy atom. The molecule has 0 fully saturated rings. The molecule has 1 amide bonds. The number of carboxylic acid groups (broad SMARTS) is 1. The molecule has 0 atom stereocenters. The van der Waals surface area contributed by atoms with Crippen molar-refractivity contribution in [1.82, 2.24) is 4.57 Å². The number of rotatable bonds is 10. The molecule has 2 heterocycles. The number of hydrogen-bond acceptors (Lipinski definition) is 5. The molecule has 3 aromatic carbocycles. The van der Waals surface area contributed by atoms with Gasteiger partial charge in [-0.3, -0.25) is 4.79 Å². The van der Waals surface area contributed by atoms with Crippen molar-refractivity contribution in [3.63, 3.8) is 0 Å². The molecule has 37 heavy (non-hydrogen) atoms. The molecule has 4 aromatic rings. The Morgan fingerprint density at radius 3 is 2.49 bits per heavy atom. The van der Waals surface area contributed by atoms with E-state index in [1.54, 1.807) is 4.57 Å². The number of amides is 1. The minimum absolute atomic E-state index is 0.0774. The fourth-order valence-electron chi connectivity index (χ4n) is 4.62. The second-order valence-electron chi connectivity index (χ2n) is 8.88. The van der Waals surface area contributed by atoms with Gasteiger partial charge in [-0.15, -0.1) is 0 Å². The van der Waals surface area contributed by atoms with E-state index in [9.17, 15) is 14.7 Å². The number of fused-ring (bicyclic) bond motifs is 2. The number of aromatic carboxylic acids is 1. The maximum absolute atomic E-state index is 12.3. The number of carbonyl (C=O) groups is 2. The third kappa shape index (κ3) is 5.23. The summed E-state index contributed by atoms with van der Waals surface area (Å²) in [7, 11) is 0. The Labute approximate surface area is 214 Å². The minimum Gasteiger partial charge on any atom is -0.494 e. The zero-order valence-corrected chi connectivity index (χ0v) is 20.5. The molecule has 8 nitrogen and oxygen atoms in total. The summed E-state index contributed by atoms with van der Waals surface area (Å²) >= 11 is 0. The van der Waals surface area contributed by atoms with Gasteiger partial charge in [0.15, 0.2) is 17.2 Å². The van der Waals surface area contributed by atoms with E-state index in [-0.39, 0.29) is 18.4 Å². The summed E-state index contributed by atoms with van der Waals surface area (Å²) in [6.07, 6.45) is 2.49. The Balaban J connectivity index is 1.39. The monoisotopic (exact) mass is 500 g/mol. The molecule has 0 unspecified atom stereocenters. The lowest BCUT2D eigenvalue weighted by molar-refractivity contribution is -0.114. The van der Waals surface area contributed by atoms with Crippen LogP contribution in [-0.4, -0.2) is 34.9 Å². The van der Waals surface area contributed by atoms with E-state index in [1.807, 2.05) is 66.7 Å². The van der Waals surface area contributed by atoms with E-state index in [4.69, 9.17) is 14.2 Å². The van der Waals surface area contributed by atoms with E-state index in [1.165, 1.54) is 6.92 Å². The molecule has 2 N–H and O–H groups in total. The van der Waals surface area contributed by atoms with Crippen LogP contribution < -0.4 is 19.5 Å². The number of unbranched alkanes of at least 4 members (excludes halogenated alkanes) is 2. The summed E-state index contributed by atoms with van der Waals surface area (Å²) in [6, 6.07) is 21.1. The molecule has 0 radical (unpaired) electrons. The van der Waals surface area contributed by atoms with Crippen molar-refractivity contribution >= 4 is 28.5 Å². The summed E-state index contributed by atoms with van der Waals surface area (Å²) in [5.41, 5.74) is 2.93. The summed E-state index contributed by atoms with van der Waals surface area (Å²) in [4.78, 5) is 24.4. The fourth-order valence-corrected chi connectivity index (χ4v) is 4.62. The number of benzene rings is 3. The van der Waals surface area contributed by atoms with Crippen LogP contribution >= 0.6 is 0 Å². The van der Waals surface area contributed by atoms with E-state index in [2.05, 4.69) is 5.32 Å². The number of hydrogen-bond donors (Lipinski definition) is 2.